The fourth-order valence-electron chi connectivity index (χ4n) is 2.71. The van der Waals surface area contributed by atoms with Crippen LogP contribution in [-0.2, 0) is 6.54 Å². The molecule has 1 aromatic rings. The van der Waals surface area contributed by atoms with E-state index in [1.807, 2.05) is 6.07 Å². The molecule has 96 valence electrons. The topological polar surface area (TPSA) is 12.0 Å². The Kier molecular flexibility index (Phi) is 4.76. The van der Waals surface area contributed by atoms with Gasteiger partial charge in [0.25, 0.3) is 0 Å². The van der Waals surface area contributed by atoms with Gasteiger partial charge in [0, 0.05) is 22.8 Å². The normalized spacial score (nSPS) is 29.5. The number of rotatable bonds is 4. The summed E-state index contributed by atoms with van der Waals surface area (Å²) in [6.45, 7) is 3.21. The maximum absolute atomic E-state index is 6.19. The molecule has 1 saturated carbocycles. The number of thiophene rings is 1. The van der Waals surface area contributed by atoms with Crippen LogP contribution in [0.5, 0.6) is 0 Å². The van der Waals surface area contributed by atoms with Crippen LogP contribution in [0.1, 0.15) is 37.5 Å². The first-order chi connectivity index (χ1) is 8.13. The Morgan fingerprint density at radius 3 is 2.94 bits per heavy atom. The maximum Gasteiger partial charge on any atom is 0.0931 e. The van der Waals surface area contributed by atoms with Gasteiger partial charge in [-0.05, 0) is 30.9 Å². The van der Waals surface area contributed by atoms with Gasteiger partial charge in [-0.25, -0.2) is 0 Å². The van der Waals surface area contributed by atoms with Crippen LogP contribution in [0.4, 0.5) is 0 Å². The van der Waals surface area contributed by atoms with E-state index < -0.39 is 0 Å². The summed E-state index contributed by atoms with van der Waals surface area (Å²) in [7, 11) is 0. The number of halogens is 2. The summed E-state index contributed by atoms with van der Waals surface area (Å²) in [4.78, 5) is 1.29. The SMILES string of the molecule is CC1CCCC(CCl)(NCc2ccc(Cl)s2)C1. The third-order valence-corrected chi connectivity index (χ3v) is 5.36. The van der Waals surface area contributed by atoms with E-state index in [1.54, 1.807) is 11.3 Å². The molecule has 1 aliphatic rings. The minimum Gasteiger partial charge on any atom is -0.305 e. The Morgan fingerprint density at radius 1 is 1.53 bits per heavy atom. The van der Waals surface area contributed by atoms with Crippen molar-refractivity contribution in [2.24, 2.45) is 5.92 Å². The largest absolute Gasteiger partial charge is 0.305 e. The Balaban J connectivity index is 1.94. The molecule has 0 aromatic carbocycles. The molecule has 17 heavy (non-hydrogen) atoms. The summed E-state index contributed by atoms with van der Waals surface area (Å²) in [5.74, 6) is 1.48. The highest BCUT2D eigenvalue weighted by molar-refractivity contribution is 7.16. The first-order valence-electron chi connectivity index (χ1n) is 6.19. The molecule has 0 spiro atoms. The zero-order valence-corrected chi connectivity index (χ0v) is 12.5. The predicted molar refractivity (Wildman–Crippen MR) is 77.3 cm³/mol. The third-order valence-electron chi connectivity index (χ3n) is 3.61. The van der Waals surface area contributed by atoms with E-state index in [0.717, 1.165) is 16.8 Å². The van der Waals surface area contributed by atoms with Gasteiger partial charge in [0.2, 0.25) is 0 Å². The molecule has 2 atom stereocenters. The molecule has 2 unspecified atom stereocenters. The van der Waals surface area contributed by atoms with E-state index in [-0.39, 0.29) is 5.54 Å². The standard InChI is InChI=1S/C13H19Cl2NS/c1-10-3-2-6-13(7-10,9-14)16-8-11-4-5-12(15)17-11/h4-5,10,16H,2-3,6-9H2,1H3. The summed E-state index contributed by atoms with van der Waals surface area (Å²) < 4.78 is 0.860. The zero-order chi connectivity index (χ0) is 12.3. The van der Waals surface area contributed by atoms with E-state index in [2.05, 4.69) is 18.3 Å². The lowest BCUT2D eigenvalue weighted by Gasteiger charge is -2.39. The van der Waals surface area contributed by atoms with E-state index in [1.165, 1.54) is 30.6 Å². The number of hydrogen-bond donors (Lipinski definition) is 1. The maximum atomic E-state index is 6.19. The van der Waals surface area contributed by atoms with Gasteiger partial charge < -0.3 is 5.32 Å². The van der Waals surface area contributed by atoms with Gasteiger partial charge in [-0.1, -0.05) is 31.4 Å². The Morgan fingerprint density at radius 2 is 2.35 bits per heavy atom. The lowest BCUT2D eigenvalue weighted by atomic mass is 9.77. The van der Waals surface area contributed by atoms with E-state index >= 15 is 0 Å². The van der Waals surface area contributed by atoms with Gasteiger partial charge in [-0.15, -0.1) is 22.9 Å². The first kappa shape index (κ1) is 13.7. The van der Waals surface area contributed by atoms with Crippen LogP contribution in [0.3, 0.4) is 0 Å². The molecule has 1 aromatic heterocycles. The lowest BCUT2D eigenvalue weighted by molar-refractivity contribution is 0.208. The second kappa shape index (κ2) is 5.92. The highest BCUT2D eigenvalue weighted by Gasteiger charge is 2.33. The van der Waals surface area contributed by atoms with Crippen molar-refractivity contribution in [1.82, 2.24) is 5.32 Å². The Labute approximate surface area is 118 Å². The van der Waals surface area contributed by atoms with Crippen LogP contribution in [-0.4, -0.2) is 11.4 Å². The molecule has 1 fully saturated rings. The molecule has 1 heterocycles. The minimum atomic E-state index is 0.135. The van der Waals surface area contributed by atoms with E-state index in [9.17, 15) is 0 Å². The minimum absolute atomic E-state index is 0.135. The molecular formula is C13H19Cl2NS. The molecule has 0 bridgehead atoms. The van der Waals surface area contributed by atoms with Crippen LogP contribution >= 0.6 is 34.5 Å². The van der Waals surface area contributed by atoms with Crippen LogP contribution in [0.15, 0.2) is 12.1 Å². The molecule has 1 aliphatic carbocycles. The Hall–Kier alpha value is 0.240. The van der Waals surface area contributed by atoms with Crippen molar-refractivity contribution in [3.63, 3.8) is 0 Å². The molecule has 0 aliphatic heterocycles. The average molecular weight is 292 g/mol. The quantitative estimate of drug-likeness (QED) is 0.795. The first-order valence-corrected chi connectivity index (χ1v) is 7.92. The fourth-order valence-corrected chi connectivity index (χ4v) is 4.08. The number of alkyl halides is 1. The molecular weight excluding hydrogens is 273 g/mol. The van der Waals surface area contributed by atoms with Gasteiger partial charge in [0.15, 0.2) is 0 Å². The second-order valence-electron chi connectivity index (χ2n) is 5.17. The molecule has 1 N–H and O–H groups in total. The number of hydrogen-bond acceptors (Lipinski definition) is 2. The average Bonchev–Trinajstić information content (AvgIpc) is 2.73. The van der Waals surface area contributed by atoms with Gasteiger partial charge in [0.05, 0.1) is 4.34 Å². The predicted octanol–water partition coefficient (Wildman–Crippen LogP) is 4.68. The van der Waals surface area contributed by atoms with Crippen LogP contribution < -0.4 is 5.32 Å². The molecule has 2 rings (SSSR count). The van der Waals surface area contributed by atoms with Crippen molar-refractivity contribution in [2.45, 2.75) is 44.7 Å². The smallest absolute Gasteiger partial charge is 0.0931 e. The lowest BCUT2D eigenvalue weighted by Crippen LogP contribution is -2.49. The Bertz CT molecular complexity index is 366. The van der Waals surface area contributed by atoms with Gasteiger partial charge >= 0.3 is 0 Å². The highest BCUT2D eigenvalue weighted by Crippen LogP contribution is 2.34. The summed E-state index contributed by atoms with van der Waals surface area (Å²) in [5, 5.41) is 3.66. The van der Waals surface area contributed by atoms with Crippen LogP contribution in [0.2, 0.25) is 4.34 Å². The molecule has 0 saturated heterocycles. The van der Waals surface area contributed by atoms with Crippen molar-refractivity contribution in [2.75, 3.05) is 5.88 Å². The summed E-state index contributed by atoms with van der Waals surface area (Å²) >= 11 is 13.8. The highest BCUT2D eigenvalue weighted by atomic mass is 35.5. The van der Waals surface area contributed by atoms with Gasteiger partial charge in [0.1, 0.15) is 0 Å². The molecule has 4 heteroatoms. The van der Waals surface area contributed by atoms with Crippen molar-refractivity contribution in [1.29, 1.82) is 0 Å². The van der Waals surface area contributed by atoms with E-state index in [0.29, 0.717) is 5.88 Å². The van der Waals surface area contributed by atoms with Crippen molar-refractivity contribution in [3.05, 3.63) is 21.3 Å². The zero-order valence-electron chi connectivity index (χ0n) is 10.1. The van der Waals surface area contributed by atoms with Gasteiger partial charge in [-0.3, -0.25) is 0 Å². The fraction of sp³-hybridized carbons (Fsp3) is 0.692. The van der Waals surface area contributed by atoms with Gasteiger partial charge in [-0.2, -0.15) is 0 Å². The second-order valence-corrected chi connectivity index (χ2v) is 7.24. The van der Waals surface area contributed by atoms with Crippen molar-refractivity contribution in [3.8, 4) is 0 Å². The third kappa shape index (κ3) is 3.60. The van der Waals surface area contributed by atoms with Crippen molar-refractivity contribution >= 4 is 34.5 Å². The molecule has 1 nitrogen and oxygen atoms in total. The van der Waals surface area contributed by atoms with Crippen LogP contribution in [0, 0.1) is 5.92 Å². The molecule has 0 radical (unpaired) electrons. The van der Waals surface area contributed by atoms with Crippen molar-refractivity contribution < 1.29 is 0 Å². The summed E-state index contributed by atoms with van der Waals surface area (Å²) in [6, 6.07) is 4.05. The monoisotopic (exact) mass is 291 g/mol. The molecule has 0 amide bonds. The summed E-state index contributed by atoms with van der Waals surface area (Å²) in [5.41, 5.74) is 0.135. The van der Waals surface area contributed by atoms with E-state index in [4.69, 9.17) is 23.2 Å². The summed E-state index contributed by atoms with van der Waals surface area (Å²) in [6.07, 6.45) is 5.01. The number of nitrogens with one attached hydrogen (secondary N) is 1. The van der Waals surface area contributed by atoms with Crippen LogP contribution in [0.25, 0.3) is 0 Å².